The fraction of sp³-hybridized carbons (Fsp3) is 0.0556. The van der Waals surface area contributed by atoms with E-state index in [2.05, 4.69) is 26.0 Å². The summed E-state index contributed by atoms with van der Waals surface area (Å²) >= 11 is 4.75. The highest BCUT2D eigenvalue weighted by Crippen LogP contribution is 2.27. The number of nitrogens with zero attached hydrogens (tertiary/aromatic N) is 3. The predicted molar refractivity (Wildman–Crippen MR) is 102 cm³/mol. The fourth-order valence-corrected chi connectivity index (χ4v) is 3.85. The van der Waals surface area contributed by atoms with E-state index in [0.717, 1.165) is 15.6 Å². The molecule has 25 heavy (non-hydrogen) atoms. The second kappa shape index (κ2) is 6.42. The van der Waals surface area contributed by atoms with E-state index in [0.29, 0.717) is 21.1 Å². The summed E-state index contributed by atoms with van der Waals surface area (Å²) in [5.41, 5.74) is 1.53. The van der Waals surface area contributed by atoms with Gasteiger partial charge in [0.05, 0.1) is 17.2 Å². The largest absolute Gasteiger partial charge is 0.496 e. The number of rotatable bonds is 3. The van der Waals surface area contributed by atoms with Gasteiger partial charge in [-0.1, -0.05) is 51.5 Å². The van der Waals surface area contributed by atoms with Crippen molar-refractivity contribution in [3.05, 3.63) is 73.5 Å². The molecule has 0 aliphatic heterocycles. The molecule has 0 aliphatic rings. The van der Waals surface area contributed by atoms with Crippen molar-refractivity contribution in [3.8, 4) is 17.1 Å². The Morgan fingerprint density at radius 3 is 2.80 bits per heavy atom. The van der Waals surface area contributed by atoms with Crippen LogP contribution in [-0.2, 0) is 0 Å². The standard InChI is InChI=1S/C18H12BrN3O2S/c1-24-14-8-3-2-7-13(14)16-20-18-22(21-16)17(23)15(25-18)10-11-5-4-6-12(19)9-11/h2-10H,1H3/b15-10-. The van der Waals surface area contributed by atoms with Crippen molar-refractivity contribution in [2.75, 3.05) is 7.11 Å². The summed E-state index contributed by atoms with van der Waals surface area (Å²) in [6.45, 7) is 0. The maximum atomic E-state index is 12.6. The van der Waals surface area contributed by atoms with Crippen LogP contribution in [0.4, 0.5) is 0 Å². The van der Waals surface area contributed by atoms with Crippen molar-refractivity contribution in [1.29, 1.82) is 0 Å². The number of para-hydroxylation sites is 1. The Morgan fingerprint density at radius 1 is 1.20 bits per heavy atom. The molecule has 0 unspecified atom stereocenters. The molecule has 0 saturated carbocycles. The van der Waals surface area contributed by atoms with E-state index in [1.54, 1.807) is 7.11 Å². The molecule has 7 heteroatoms. The minimum atomic E-state index is -0.173. The van der Waals surface area contributed by atoms with Gasteiger partial charge in [-0.15, -0.1) is 5.10 Å². The van der Waals surface area contributed by atoms with Crippen LogP contribution in [0.25, 0.3) is 22.4 Å². The first-order valence-electron chi connectivity index (χ1n) is 7.46. The molecule has 0 radical (unpaired) electrons. The van der Waals surface area contributed by atoms with Crippen LogP contribution in [0.5, 0.6) is 5.75 Å². The summed E-state index contributed by atoms with van der Waals surface area (Å²) in [6, 6.07) is 15.2. The van der Waals surface area contributed by atoms with Gasteiger partial charge in [0, 0.05) is 4.47 Å². The molecule has 124 valence electrons. The average Bonchev–Trinajstić information content (AvgIpc) is 3.15. The molecule has 4 aromatic rings. The second-order valence-electron chi connectivity index (χ2n) is 5.30. The zero-order chi connectivity index (χ0) is 17.4. The van der Waals surface area contributed by atoms with Gasteiger partial charge in [-0.05, 0) is 35.9 Å². The third-order valence-electron chi connectivity index (χ3n) is 3.68. The first-order valence-corrected chi connectivity index (χ1v) is 9.07. The van der Waals surface area contributed by atoms with Crippen molar-refractivity contribution >= 4 is 38.3 Å². The monoisotopic (exact) mass is 413 g/mol. The van der Waals surface area contributed by atoms with Gasteiger partial charge < -0.3 is 4.74 Å². The lowest BCUT2D eigenvalue weighted by molar-refractivity contribution is 0.416. The second-order valence-corrected chi connectivity index (χ2v) is 7.23. The highest BCUT2D eigenvalue weighted by Gasteiger charge is 2.14. The Morgan fingerprint density at radius 2 is 2.04 bits per heavy atom. The number of halogens is 1. The van der Waals surface area contributed by atoms with Crippen LogP contribution >= 0.6 is 27.3 Å². The average molecular weight is 414 g/mol. The molecule has 0 N–H and O–H groups in total. The number of hydrogen-bond donors (Lipinski definition) is 0. The Kier molecular flexibility index (Phi) is 4.10. The molecule has 0 spiro atoms. The zero-order valence-electron chi connectivity index (χ0n) is 13.1. The van der Waals surface area contributed by atoms with Gasteiger partial charge in [0.25, 0.3) is 5.56 Å². The van der Waals surface area contributed by atoms with E-state index >= 15 is 0 Å². The van der Waals surface area contributed by atoms with Crippen LogP contribution in [0.3, 0.4) is 0 Å². The highest BCUT2D eigenvalue weighted by molar-refractivity contribution is 9.10. The topological polar surface area (TPSA) is 56.5 Å². The predicted octanol–water partition coefficient (Wildman–Crippen LogP) is 3.14. The molecule has 2 heterocycles. The molecule has 0 atom stereocenters. The van der Waals surface area contributed by atoms with Gasteiger partial charge in [0.2, 0.25) is 4.96 Å². The lowest BCUT2D eigenvalue weighted by Gasteiger charge is -2.03. The van der Waals surface area contributed by atoms with E-state index in [1.165, 1.54) is 15.9 Å². The van der Waals surface area contributed by atoms with Crippen molar-refractivity contribution < 1.29 is 4.74 Å². The highest BCUT2D eigenvalue weighted by atomic mass is 79.9. The van der Waals surface area contributed by atoms with Crippen molar-refractivity contribution in [2.45, 2.75) is 0 Å². The normalized spacial score (nSPS) is 12.0. The van der Waals surface area contributed by atoms with Crippen molar-refractivity contribution in [2.24, 2.45) is 0 Å². The summed E-state index contributed by atoms with van der Waals surface area (Å²) in [5, 5.41) is 4.37. The van der Waals surface area contributed by atoms with Gasteiger partial charge in [-0.2, -0.15) is 9.50 Å². The Balaban J connectivity index is 1.84. The number of hydrogen-bond acceptors (Lipinski definition) is 5. The Hall–Kier alpha value is -2.51. The summed E-state index contributed by atoms with van der Waals surface area (Å²) in [4.78, 5) is 17.7. The third-order valence-corrected chi connectivity index (χ3v) is 5.13. The van der Waals surface area contributed by atoms with E-state index in [1.807, 2.05) is 54.6 Å². The van der Waals surface area contributed by atoms with E-state index in [4.69, 9.17) is 4.74 Å². The summed E-state index contributed by atoms with van der Waals surface area (Å²) in [7, 11) is 1.60. The number of methoxy groups -OCH3 is 1. The van der Waals surface area contributed by atoms with E-state index in [9.17, 15) is 4.79 Å². The van der Waals surface area contributed by atoms with Gasteiger partial charge in [0.1, 0.15) is 5.75 Å². The summed E-state index contributed by atoms with van der Waals surface area (Å²) in [5.74, 6) is 1.16. The maximum absolute atomic E-state index is 12.6. The minimum absolute atomic E-state index is 0.173. The van der Waals surface area contributed by atoms with Gasteiger partial charge in [-0.25, -0.2) is 0 Å². The molecule has 2 aromatic carbocycles. The summed E-state index contributed by atoms with van der Waals surface area (Å²) in [6.07, 6.45) is 1.84. The Labute approximate surface area is 155 Å². The Bertz CT molecular complexity index is 1180. The third kappa shape index (κ3) is 2.96. The van der Waals surface area contributed by atoms with Crippen LogP contribution in [0.15, 0.2) is 57.8 Å². The lowest BCUT2D eigenvalue weighted by atomic mass is 10.2. The first-order chi connectivity index (χ1) is 12.2. The van der Waals surface area contributed by atoms with Crippen LogP contribution in [0, 0.1) is 0 Å². The minimum Gasteiger partial charge on any atom is -0.496 e. The number of fused-ring (bicyclic) bond motifs is 1. The molecule has 4 rings (SSSR count). The van der Waals surface area contributed by atoms with Gasteiger partial charge in [0.15, 0.2) is 5.82 Å². The number of thiazole rings is 1. The van der Waals surface area contributed by atoms with E-state index < -0.39 is 0 Å². The molecule has 0 fully saturated rings. The SMILES string of the molecule is COc1ccccc1-c1nc2s/c(=C\c3cccc(Br)c3)c(=O)n2n1. The van der Waals surface area contributed by atoms with Crippen LogP contribution in [0.1, 0.15) is 5.56 Å². The fourth-order valence-electron chi connectivity index (χ4n) is 2.52. The molecule has 5 nitrogen and oxygen atoms in total. The molecule has 0 aliphatic carbocycles. The number of aromatic nitrogens is 3. The summed E-state index contributed by atoms with van der Waals surface area (Å²) < 4.78 is 8.25. The number of benzene rings is 2. The molecule has 0 amide bonds. The smallest absolute Gasteiger partial charge is 0.291 e. The molecular formula is C18H12BrN3O2S. The number of ether oxygens (including phenoxy) is 1. The lowest BCUT2D eigenvalue weighted by Crippen LogP contribution is -2.23. The van der Waals surface area contributed by atoms with Crippen LogP contribution < -0.4 is 14.8 Å². The molecule has 0 saturated heterocycles. The van der Waals surface area contributed by atoms with Crippen molar-refractivity contribution in [3.63, 3.8) is 0 Å². The van der Waals surface area contributed by atoms with Crippen molar-refractivity contribution in [1.82, 2.24) is 14.6 Å². The molecule has 0 bridgehead atoms. The molecule has 2 aromatic heterocycles. The van der Waals surface area contributed by atoms with Gasteiger partial charge >= 0.3 is 0 Å². The quantitative estimate of drug-likeness (QED) is 0.517. The van der Waals surface area contributed by atoms with E-state index in [-0.39, 0.29) is 5.56 Å². The zero-order valence-corrected chi connectivity index (χ0v) is 15.5. The van der Waals surface area contributed by atoms with Gasteiger partial charge in [-0.3, -0.25) is 4.79 Å². The molecular weight excluding hydrogens is 402 g/mol. The maximum Gasteiger partial charge on any atom is 0.291 e. The van der Waals surface area contributed by atoms with Crippen LogP contribution in [-0.4, -0.2) is 21.7 Å². The first kappa shape index (κ1) is 16.0. The van der Waals surface area contributed by atoms with Crippen LogP contribution in [0.2, 0.25) is 0 Å².